The fraction of sp³-hybridized carbons (Fsp3) is 0.467. The van der Waals surface area contributed by atoms with Gasteiger partial charge in [0.15, 0.2) is 5.72 Å². The van der Waals surface area contributed by atoms with Crippen molar-refractivity contribution in [3.8, 4) is 0 Å². The number of hydrogen-bond acceptors (Lipinski definition) is 4. The molecular formula is C15H19NO4. The summed E-state index contributed by atoms with van der Waals surface area (Å²) in [6, 6.07) is 6.73. The van der Waals surface area contributed by atoms with E-state index in [0.29, 0.717) is 11.1 Å². The topological polar surface area (TPSA) is 55.8 Å². The highest BCUT2D eigenvalue weighted by Gasteiger charge is 2.46. The van der Waals surface area contributed by atoms with Crippen molar-refractivity contribution in [1.29, 1.82) is 0 Å². The first-order valence-corrected chi connectivity index (χ1v) is 6.48. The van der Waals surface area contributed by atoms with Crippen LogP contribution in [0.25, 0.3) is 0 Å². The van der Waals surface area contributed by atoms with Gasteiger partial charge in [-0.2, -0.15) is 0 Å². The molecule has 5 heteroatoms. The summed E-state index contributed by atoms with van der Waals surface area (Å²) in [7, 11) is 0. The first-order valence-electron chi connectivity index (χ1n) is 6.48. The summed E-state index contributed by atoms with van der Waals surface area (Å²) in [5, 5.41) is 0. The molecule has 0 N–H and O–H groups in total. The van der Waals surface area contributed by atoms with E-state index in [2.05, 4.69) is 0 Å². The third-order valence-corrected chi connectivity index (χ3v) is 2.83. The van der Waals surface area contributed by atoms with Crippen LogP contribution in [0.2, 0.25) is 0 Å². The lowest BCUT2D eigenvalue weighted by Crippen LogP contribution is -2.50. The maximum absolute atomic E-state index is 12.3. The van der Waals surface area contributed by atoms with E-state index in [9.17, 15) is 9.59 Å². The minimum absolute atomic E-state index is 0.367. The number of carbonyl (C=O) groups excluding carboxylic acids is 2. The Morgan fingerprint density at radius 2 is 1.30 bits per heavy atom. The molecule has 0 aliphatic carbocycles. The number of amides is 2. The fourth-order valence-electron chi connectivity index (χ4n) is 1.94. The van der Waals surface area contributed by atoms with Crippen LogP contribution in [0, 0.1) is 0 Å². The van der Waals surface area contributed by atoms with Gasteiger partial charge in [-0.05, 0) is 46.8 Å². The van der Waals surface area contributed by atoms with Crippen molar-refractivity contribution in [3.63, 3.8) is 0 Å². The zero-order chi connectivity index (χ0) is 15.1. The molecule has 2 amide bonds. The third kappa shape index (κ3) is 2.59. The van der Waals surface area contributed by atoms with Crippen LogP contribution in [0.15, 0.2) is 24.3 Å². The highest BCUT2D eigenvalue weighted by molar-refractivity contribution is 6.21. The lowest BCUT2D eigenvalue weighted by molar-refractivity contribution is -0.413. The predicted molar refractivity (Wildman–Crippen MR) is 72.9 cm³/mol. The summed E-state index contributed by atoms with van der Waals surface area (Å²) in [6.45, 7) is 8.73. The Kier molecular flexibility index (Phi) is 3.44. The van der Waals surface area contributed by atoms with Gasteiger partial charge in [0, 0.05) is 0 Å². The van der Waals surface area contributed by atoms with E-state index < -0.39 is 11.3 Å². The Balaban J connectivity index is 2.26. The molecule has 0 unspecified atom stereocenters. The van der Waals surface area contributed by atoms with Crippen LogP contribution in [-0.4, -0.2) is 28.0 Å². The first-order chi connectivity index (χ1) is 9.13. The first kappa shape index (κ1) is 14.7. The van der Waals surface area contributed by atoms with Gasteiger partial charge < -0.3 is 0 Å². The number of nitrogens with zero attached hydrogens (tertiary/aromatic N) is 1. The molecule has 1 heterocycles. The molecule has 0 atom stereocenters. The van der Waals surface area contributed by atoms with Crippen molar-refractivity contribution in [2.75, 3.05) is 0 Å². The summed E-state index contributed by atoms with van der Waals surface area (Å²) >= 11 is 0. The number of hydrogen-bond donors (Lipinski definition) is 0. The molecule has 20 heavy (non-hydrogen) atoms. The molecule has 1 aromatic carbocycles. The molecule has 0 bridgehead atoms. The van der Waals surface area contributed by atoms with Crippen LogP contribution in [0.3, 0.4) is 0 Å². The Hall–Kier alpha value is -1.72. The molecule has 1 aliphatic rings. The number of carbonyl (C=O) groups is 2. The van der Waals surface area contributed by atoms with Crippen molar-refractivity contribution in [2.24, 2.45) is 0 Å². The van der Waals surface area contributed by atoms with Crippen LogP contribution in [0.1, 0.15) is 55.3 Å². The maximum Gasteiger partial charge on any atom is 0.264 e. The maximum atomic E-state index is 12.3. The van der Waals surface area contributed by atoms with Gasteiger partial charge in [0.2, 0.25) is 0 Å². The molecule has 0 radical (unpaired) electrons. The van der Waals surface area contributed by atoms with E-state index in [1.54, 1.807) is 38.1 Å². The minimum Gasteiger partial charge on any atom is -0.268 e. The van der Waals surface area contributed by atoms with Gasteiger partial charge in [-0.3, -0.25) is 9.59 Å². The third-order valence-electron chi connectivity index (χ3n) is 2.83. The second-order valence-electron chi connectivity index (χ2n) is 6.22. The highest BCUT2D eigenvalue weighted by Crippen LogP contribution is 2.30. The van der Waals surface area contributed by atoms with E-state index in [1.807, 2.05) is 20.8 Å². The lowest BCUT2D eigenvalue weighted by atomic mass is 10.1. The van der Waals surface area contributed by atoms with Gasteiger partial charge in [0.05, 0.1) is 16.7 Å². The van der Waals surface area contributed by atoms with Crippen LogP contribution >= 0.6 is 0 Å². The number of fused-ring (bicyclic) bond motifs is 1. The Morgan fingerprint density at radius 1 is 0.850 bits per heavy atom. The largest absolute Gasteiger partial charge is 0.268 e. The Morgan fingerprint density at radius 3 is 1.70 bits per heavy atom. The van der Waals surface area contributed by atoms with Crippen LogP contribution < -0.4 is 0 Å². The average molecular weight is 277 g/mol. The number of benzene rings is 1. The van der Waals surface area contributed by atoms with E-state index in [1.165, 1.54) is 0 Å². The van der Waals surface area contributed by atoms with Crippen molar-refractivity contribution in [3.05, 3.63) is 35.4 Å². The van der Waals surface area contributed by atoms with Crippen LogP contribution in [-0.2, 0) is 9.78 Å². The van der Waals surface area contributed by atoms with Crippen molar-refractivity contribution in [2.45, 2.75) is 45.9 Å². The molecule has 108 valence electrons. The smallest absolute Gasteiger partial charge is 0.264 e. The number of imide groups is 1. The van der Waals surface area contributed by atoms with Gasteiger partial charge in [0.1, 0.15) is 0 Å². The Bertz CT molecular complexity index is 522. The average Bonchev–Trinajstić information content (AvgIpc) is 2.60. The molecule has 0 spiro atoms. The summed E-state index contributed by atoms with van der Waals surface area (Å²) < 4.78 is 0. The summed E-state index contributed by atoms with van der Waals surface area (Å²) in [5.41, 5.74) is -0.925. The standard InChI is InChI=1S/C15H19NO4/c1-14(2,3)19-20-15(4,5)16-12(17)10-8-6-7-9-11(10)13(16)18/h6-9H,1-5H3. The van der Waals surface area contributed by atoms with Crippen LogP contribution in [0.5, 0.6) is 0 Å². The normalized spacial score (nSPS) is 15.8. The molecule has 1 aromatic rings. The van der Waals surface area contributed by atoms with Gasteiger partial charge >= 0.3 is 0 Å². The molecule has 0 aromatic heterocycles. The lowest BCUT2D eigenvalue weighted by Gasteiger charge is -2.34. The Labute approximate surface area is 118 Å². The van der Waals surface area contributed by atoms with Crippen molar-refractivity contribution >= 4 is 11.8 Å². The van der Waals surface area contributed by atoms with Gasteiger partial charge in [-0.1, -0.05) is 12.1 Å². The highest BCUT2D eigenvalue weighted by atomic mass is 17.2. The molecule has 1 aliphatic heterocycles. The fourth-order valence-corrected chi connectivity index (χ4v) is 1.94. The quantitative estimate of drug-likeness (QED) is 0.484. The van der Waals surface area contributed by atoms with E-state index in [-0.39, 0.29) is 11.8 Å². The van der Waals surface area contributed by atoms with Gasteiger partial charge in [-0.25, -0.2) is 14.7 Å². The monoisotopic (exact) mass is 277 g/mol. The summed E-state index contributed by atoms with van der Waals surface area (Å²) in [5.74, 6) is -0.735. The predicted octanol–water partition coefficient (Wildman–Crippen LogP) is 2.77. The summed E-state index contributed by atoms with van der Waals surface area (Å²) in [6.07, 6.45) is 0. The molecule has 0 fully saturated rings. The van der Waals surface area contributed by atoms with E-state index >= 15 is 0 Å². The zero-order valence-corrected chi connectivity index (χ0v) is 12.4. The minimum atomic E-state index is -1.18. The van der Waals surface area contributed by atoms with Crippen LogP contribution in [0.4, 0.5) is 0 Å². The molecule has 2 rings (SSSR count). The molecule has 5 nitrogen and oxygen atoms in total. The molecule has 0 saturated carbocycles. The molecule has 0 saturated heterocycles. The SMILES string of the molecule is CC(C)(C)OOC(C)(C)N1C(=O)c2ccccc2C1=O. The molecular weight excluding hydrogens is 258 g/mol. The van der Waals surface area contributed by atoms with E-state index in [4.69, 9.17) is 9.78 Å². The van der Waals surface area contributed by atoms with E-state index in [0.717, 1.165) is 4.90 Å². The second-order valence-corrected chi connectivity index (χ2v) is 6.22. The summed E-state index contributed by atoms with van der Waals surface area (Å²) in [4.78, 5) is 36.4. The number of rotatable bonds is 3. The van der Waals surface area contributed by atoms with Crippen molar-refractivity contribution in [1.82, 2.24) is 4.90 Å². The van der Waals surface area contributed by atoms with Gasteiger partial charge in [0.25, 0.3) is 11.8 Å². The second kappa shape index (κ2) is 4.68. The zero-order valence-electron chi connectivity index (χ0n) is 12.4. The van der Waals surface area contributed by atoms with Crippen molar-refractivity contribution < 1.29 is 19.4 Å². The van der Waals surface area contributed by atoms with Gasteiger partial charge in [-0.15, -0.1) is 0 Å².